The molecule has 94 valence electrons. The van der Waals surface area contributed by atoms with E-state index >= 15 is 0 Å². The maximum atomic E-state index is 12.6. The normalized spacial score (nSPS) is 11.2. The van der Waals surface area contributed by atoms with Crippen LogP contribution >= 0.6 is 0 Å². The zero-order valence-corrected chi connectivity index (χ0v) is 10.3. The summed E-state index contributed by atoms with van der Waals surface area (Å²) in [5, 5.41) is 2.52. The van der Waals surface area contributed by atoms with Gasteiger partial charge in [0.1, 0.15) is 5.82 Å². The summed E-state index contributed by atoms with van der Waals surface area (Å²) in [5.41, 5.74) is 0. The van der Waals surface area contributed by atoms with Crippen molar-refractivity contribution in [3.63, 3.8) is 0 Å². The number of hydrogen-bond acceptors (Lipinski definition) is 3. The molecule has 0 bridgehead atoms. The van der Waals surface area contributed by atoms with Gasteiger partial charge in [-0.05, 0) is 31.2 Å². The Labute approximate surface area is 99.8 Å². The number of amides is 1. The van der Waals surface area contributed by atoms with Crippen LogP contribution in [0.4, 0.5) is 4.39 Å². The van der Waals surface area contributed by atoms with Gasteiger partial charge in [-0.25, -0.2) is 12.8 Å². The van der Waals surface area contributed by atoms with Crippen LogP contribution in [-0.4, -0.2) is 26.6 Å². The molecule has 0 fully saturated rings. The number of carbonyl (C=O) groups excluding carboxylic acids is 1. The molecule has 1 rings (SSSR count). The third-order valence-electron chi connectivity index (χ3n) is 2.14. The fourth-order valence-electron chi connectivity index (χ4n) is 1.27. The Morgan fingerprint density at radius 3 is 2.41 bits per heavy atom. The highest BCUT2D eigenvalue weighted by molar-refractivity contribution is 7.91. The van der Waals surface area contributed by atoms with Crippen LogP contribution in [0.5, 0.6) is 0 Å². The van der Waals surface area contributed by atoms with E-state index in [1.807, 2.05) is 0 Å². The average molecular weight is 259 g/mol. The number of benzene rings is 1. The molecule has 0 aliphatic rings. The predicted octanol–water partition coefficient (Wildman–Crippen LogP) is 1.13. The highest BCUT2D eigenvalue weighted by Crippen LogP contribution is 2.12. The van der Waals surface area contributed by atoms with Crippen molar-refractivity contribution in [2.75, 3.05) is 12.3 Å². The smallest absolute Gasteiger partial charge is 0.221 e. The van der Waals surface area contributed by atoms with Crippen molar-refractivity contribution in [3.8, 4) is 0 Å². The fourth-order valence-corrected chi connectivity index (χ4v) is 2.51. The summed E-state index contributed by atoms with van der Waals surface area (Å²) in [7, 11) is -3.52. The minimum Gasteiger partial charge on any atom is -0.356 e. The molecule has 0 saturated heterocycles. The second kappa shape index (κ2) is 5.77. The van der Waals surface area contributed by atoms with Crippen molar-refractivity contribution < 1.29 is 17.6 Å². The van der Waals surface area contributed by atoms with Crippen molar-refractivity contribution in [2.24, 2.45) is 0 Å². The number of halogens is 1. The molecule has 0 aliphatic heterocycles. The Balaban J connectivity index is 2.69. The van der Waals surface area contributed by atoms with E-state index in [4.69, 9.17) is 0 Å². The summed E-state index contributed by atoms with van der Waals surface area (Å²) < 4.78 is 36.1. The summed E-state index contributed by atoms with van der Waals surface area (Å²) in [6.45, 7) is 2.22. The van der Waals surface area contributed by atoms with E-state index in [2.05, 4.69) is 5.32 Å². The molecule has 4 nitrogen and oxygen atoms in total. The van der Waals surface area contributed by atoms with Crippen LogP contribution in [0.25, 0.3) is 0 Å². The van der Waals surface area contributed by atoms with Gasteiger partial charge in [-0.2, -0.15) is 0 Å². The van der Waals surface area contributed by atoms with Gasteiger partial charge in [0.2, 0.25) is 5.91 Å². The van der Waals surface area contributed by atoms with E-state index in [1.165, 1.54) is 12.1 Å². The van der Waals surface area contributed by atoms with Crippen molar-refractivity contribution in [2.45, 2.75) is 18.2 Å². The SMILES string of the molecule is CCNC(=O)CCS(=O)(=O)c1ccc(F)cc1. The molecule has 1 amide bonds. The lowest BCUT2D eigenvalue weighted by molar-refractivity contribution is -0.120. The Kier molecular flexibility index (Phi) is 4.62. The topological polar surface area (TPSA) is 63.2 Å². The Morgan fingerprint density at radius 1 is 1.29 bits per heavy atom. The van der Waals surface area contributed by atoms with Gasteiger partial charge >= 0.3 is 0 Å². The van der Waals surface area contributed by atoms with Crippen LogP contribution in [0.1, 0.15) is 13.3 Å². The molecule has 0 aliphatic carbocycles. The molecule has 17 heavy (non-hydrogen) atoms. The third-order valence-corrected chi connectivity index (χ3v) is 3.88. The number of sulfone groups is 1. The molecular weight excluding hydrogens is 245 g/mol. The Bertz CT molecular complexity index is 482. The van der Waals surface area contributed by atoms with Crippen LogP contribution in [0.3, 0.4) is 0 Å². The number of hydrogen-bond donors (Lipinski definition) is 1. The molecular formula is C11H14FNO3S. The minimum atomic E-state index is -3.52. The van der Waals surface area contributed by atoms with Crippen LogP contribution in [0, 0.1) is 5.82 Å². The third kappa shape index (κ3) is 4.14. The van der Waals surface area contributed by atoms with Crippen molar-refractivity contribution in [1.82, 2.24) is 5.32 Å². The lowest BCUT2D eigenvalue weighted by Crippen LogP contribution is -2.25. The van der Waals surface area contributed by atoms with Gasteiger partial charge in [0.25, 0.3) is 0 Å². The summed E-state index contributed by atoms with van der Waals surface area (Å²) in [6.07, 6.45) is -0.0897. The maximum absolute atomic E-state index is 12.6. The fraction of sp³-hybridized carbons (Fsp3) is 0.364. The van der Waals surface area contributed by atoms with Gasteiger partial charge in [0.05, 0.1) is 10.6 Å². The first kappa shape index (κ1) is 13.6. The zero-order chi connectivity index (χ0) is 12.9. The molecule has 0 unspecified atom stereocenters. The molecule has 1 aromatic rings. The van der Waals surface area contributed by atoms with E-state index < -0.39 is 15.7 Å². The van der Waals surface area contributed by atoms with E-state index in [0.717, 1.165) is 12.1 Å². The summed E-state index contributed by atoms with van der Waals surface area (Å²) in [6, 6.07) is 4.56. The molecule has 1 N–H and O–H groups in total. The molecule has 0 aromatic heterocycles. The van der Waals surface area contributed by atoms with E-state index in [-0.39, 0.29) is 23.0 Å². The minimum absolute atomic E-state index is 0.0307. The quantitative estimate of drug-likeness (QED) is 0.806. The van der Waals surface area contributed by atoms with Crippen molar-refractivity contribution in [1.29, 1.82) is 0 Å². The second-order valence-electron chi connectivity index (χ2n) is 3.48. The number of nitrogens with one attached hydrogen (secondary N) is 1. The van der Waals surface area contributed by atoms with Gasteiger partial charge in [0, 0.05) is 13.0 Å². The monoisotopic (exact) mass is 259 g/mol. The summed E-state index contributed by atoms with van der Waals surface area (Å²) in [5.74, 6) is -1.07. The van der Waals surface area contributed by atoms with Gasteiger partial charge in [-0.1, -0.05) is 0 Å². The summed E-state index contributed by atoms with van der Waals surface area (Å²) in [4.78, 5) is 11.2. The van der Waals surface area contributed by atoms with E-state index in [9.17, 15) is 17.6 Å². The van der Waals surface area contributed by atoms with Gasteiger partial charge < -0.3 is 5.32 Å². The first-order valence-corrected chi connectivity index (χ1v) is 6.86. The number of carbonyl (C=O) groups is 1. The number of rotatable bonds is 5. The summed E-state index contributed by atoms with van der Waals surface area (Å²) >= 11 is 0. The Hall–Kier alpha value is -1.43. The average Bonchev–Trinajstić information content (AvgIpc) is 2.28. The highest BCUT2D eigenvalue weighted by Gasteiger charge is 2.16. The first-order valence-electron chi connectivity index (χ1n) is 5.20. The standard InChI is InChI=1S/C11H14FNO3S/c1-2-13-11(14)7-8-17(15,16)10-5-3-9(12)4-6-10/h3-6H,2,7-8H2,1H3,(H,13,14). The predicted molar refractivity (Wildman–Crippen MR) is 61.8 cm³/mol. The van der Waals surface area contributed by atoms with Gasteiger partial charge in [-0.3, -0.25) is 4.79 Å². The van der Waals surface area contributed by atoms with Crippen LogP contribution in [0.15, 0.2) is 29.2 Å². The lowest BCUT2D eigenvalue weighted by atomic mass is 10.4. The van der Waals surface area contributed by atoms with Crippen molar-refractivity contribution >= 4 is 15.7 Å². The van der Waals surface area contributed by atoms with E-state index in [0.29, 0.717) is 6.54 Å². The molecule has 0 atom stereocenters. The molecule has 6 heteroatoms. The van der Waals surface area contributed by atoms with Gasteiger partial charge in [-0.15, -0.1) is 0 Å². The van der Waals surface area contributed by atoms with Gasteiger partial charge in [0.15, 0.2) is 9.84 Å². The largest absolute Gasteiger partial charge is 0.356 e. The van der Waals surface area contributed by atoms with Crippen molar-refractivity contribution in [3.05, 3.63) is 30.1 Å². The van der Waals surface area contributed by atoms with Crippen LogP contribution < -0.4 is 5.32 Å². The molecule has 0 radical (unpaired) electrons. The van der Waals surface area contributed by atoms with Crippen LogP contribution in [-0.2, 0) is 14.6 Å². The second-order valence-corrected chi connectivity index (χ2v) is 5.59. The molecule has 1 aromatic carbocycles. The maximum Gasteiger partial charge on any atom is 0.221 e. The van der Waals surface area contributed by atoms with E-state index in [1.54, 1.807) is 6.92 Å². The zero-order valence-electron chi connectivity index (χ0n) is 9.44. The molecule has 0 spiro atoms. The highest BCUT2D eigenvalue weighted by atomic mass is 32.2. The lowest BCUT2D eigenvalue weighted by Gasteiger charge is -2.04. The molecule has 0 heterocycles. The Morgan fingerprint density at radius 2 is 1.88 bits per heavy atom. The molecule has 0 saturated carbocycles. The van der Waals surface area contributed by atoms with Crippen LogP contribution in [0.2, 0.25) is 0 Å². The first-order chi connectivity index (χ1) is 7.95.